The number of likely N-dealkylation sites (tertiary alicyclic amines) is 1. The molecular weight excluding hydrogens is 204 g/mol. The molecule has 2 atom stereocenters. The van der Waals surface area contributed by atoms with Crippen LogP contribution in [0.25, 0.3) is 0 Å². The van der Waals surface area contributed by atoms with Crippen molar-refractivity contribution in [2.45, 2.75) is 39.2 Å². The minimum absolute atomic E-state index is 0.105. The summed E-state index contributed by atoms with van der Waals surface area (Å²) < 4.78 is 0. The molecule has 0 aromatic heterocycles. The zero-order chi connectivity index (χ0) is 12.0. The number of aliphatic hydroxyl groups excluding tert-OH is 1. The van der Waals surface area contributed by atoms with Crippen LogP contribution < -0.4 is 5.32 Å². The van der Waals surface area contributed by atoms with Gasteiger partial charge in [0.25, 0.3) is 0 Å². The van der Waals surface area contributed by atoms with Crippen LogP contribution in [-0.2, 0) is 4.79 Å². The van der Waals surface area contributed by atoms with Gasteiger partial charge in [0.05, 0.1) is 12.6 Å². The molecule has 1 rings (SSSR count). The SMILES string of the molecule is CCCNC(=O)CN1CCC(O)C(CC)C1. The molecule has 2 N–H and O–H groups in total. The van der Waals surface area contributed by atoms with E-state index in [1.165, 1.54) is 0 Å². The van der Waals surface area contributed by atoms with Gasteiger partial charge in [0.2, 0.25) is 5.91 Å². The molecule has 1 aliphatic rings. The van der Waals surface area contributed by atoms with Crippen molar-refractivity contribution in [1.29, 1.82) is 0 Å². The van der Waals surface area contributed by atoms with Crippen molar-refractivity contribution in [2.24, 2.45) is 5.92 Å². The lowest BCUT2D eigenvalue weighted by Gasteiger charge is -2.35. The molecule has 4 nitrogen and oxygen atoms in total. The highest BCUT2D eigenvalue weighted by Gasteiger charge is 2.26. The summed E-state index contributed by atoms with van der Waals surface area (Å²) in [5.74, 6) is 0.431. The standard InChI is InChI=1S/C12H24N2O2/c1-3-6-13-12(16)9-14-7-5-11(15)10(4-2)8-14/h10-11,15H,3-9H2,1-2H3,(H,13,16). The topological polar surface area (TPSA) is 52.6 Å². The van der Waals surface area contributed by atoms with Crippen LogP contribution in [0.15, 0.2) is 0 Å². The third kappa shape index (κ3) is 4.10. The van der Waals surface area contributed by atoms with E-state index in [-0.39, 0.29) is 12.0 Å². The summed E-state index contributed by atoms with van der Waals surface area (Å²) in [6.45, 7) is 7.04. The first kappa shape index (κ1) is 13.5. The Labute approximate surface area is 98.0 Å². The predicted octanol–water partition coefficient (Wildman–Crippen LogP) is 0.605. The van der Waals surface area contributed by atoms with Gasteiger partial charge in [0.15, 0.2) is 0 Å². The van der Waals surface area contributed by atoms with Crippen molar-refractivity contribution < 1.29 is 9.90 Å². The summed E-state index contributed by atoms with van der Waals surface area (Å²) >= 11 is 0. The molecular formula is C12H24N2O2. The Kier molecular flexibility index (Phi) is 5.77. The zero-order valence-electron chi connectivity index (χ0n) is 10.4. The van der Waals surface area contributed by atoms with Gasteiger partial charge >= 0.3 is 0 Å². The van der Waals surface area contributed by atoms with Gasteiger partial charge in [-0.25, -0.2) is 0 Å². The normalized spacial score (nSPS) is 26.7. The minimum atomic E-state index is -0.181. The van der Waals surface area contributed by atoms with Gasteiger partial charge < -0.3 is 10.4 Å². The molecule has 0 spiro atoms. The molecule has 0 radical (unpaired) electrons. The van der Waals surface area contributed by atoms with E-state index in [0.29, 0.717) is 12.5 Å². The molecule has 0 saturated carbocycles. The molecule has 2 unspecified atom stereocenters. The number of nitrogens with zero attached hydrogens (tertiary/aromatic N) is 1. The largest absolute Gasteiger partial charge is 0.393 e. The number of aliphatic hydroxyl groups is 1. The Morgan fingerprint density at radius 2 is 2.25 bits per heavy atom. The second-order valence-electron chi connectivity index (χ2n) is 4.61. The van der Waals surface area contributed by atoms with Crippen LogP contribution in [0.1, 0.15) is 33.1 Å². The minimum Gasteiger partial charge on any atom is -0.393 e. The Bertz CT molecular complexity index is 221. The van der Waals surface area contributed by atoms with Gasteiger partial charge in [-0.3, -0.25) is 9.69 Å². The highest BCUT2D eigenvalue weighted by atomic mass is 16.3. The van der Waals surface area contributed by atoms with Crippen molar-refractivity contribution in [3.8, 4) is 0 Å². The predicted molar refractivity (Wildman–Crippen MR) is 64.1 cm³/mol. The first-order chi connectivity index (χ1) is 7.67. The van der Waals surface area contributed by atoms with E-state index in [1.54, 1.807) is 0 Å². The maximum absolute atomic E-state index is 11.5. The van der Waals surface area contributed by atoms with Crippen LogP contribution in [0.4, 0.5) is 0 Å². The summed E-state index contributed by atoms with van der Waals surface area (Å²) in [4.78, 5) is 13.7. The van der Waals surface area contributed by atoms with Crippen LogP contribution in [0.2, 0.25) is 0 Å². The quantitative estimate of drug-likeness (QED) is 0.725. The second kappa shape index (κ2) is 6.86. The van der Waals surface area contributed by atoms with Crippen molar-refractivity contribution in [1.82, 2.24) is 10.2 Å². The summed E-state index contributed by atoms with van der Waals surface area (Å²) in [5, 5.41) is 12.6. The van der Waals surface area contributed by atoms with Gasteiger partial charge in [0.1, 0.15) is 0 Å². The maximum atomic E-state index is 11.5. The third-order valence-corrected chi connectivity index (χ3v) is 3.24. The molecule has 0 aliphatic carbocycles. The van der Waals surface area contributed by atoms with E-state index in [9.17, 15) is 9.90 Å². The van der Waals surface area contributed by atoms with E-state index >= 15 is 0 Å². The summed E-state index contributed by atoms with van der Waals surface area (Å²) in [7, 11) is 0. The molecule has 94 valence electrons. The van der Waals surface area contributed by atoms with Crippen molar-refractivity contribution in [3.63, 3.8) is 0 Å². The van der Waals surface area contributed by atoms with E-state index in [2.05, 4.69) is 17.1 Å². The van der Waals surface area contributed by atoms with E-state index in [0.717, 1.165) is 38.9 Å². The average molecular weight is 228 g/mol. The van der Waals surface area contributed by atoms with Crippen LogP contribution >= 0.6 is 0 Å². The fraction of sp³-hybridized carbons (Fsp3) is 0.917. The molecule has 4 heteroatoms. The highest BCUT2D eigenvalue weighted by Crippen LogP contribution is 2.19. The molecule has 0 aromatic carbocycles. The molecule has 1 fully saturated rings. The van der Waals surface area contributed by atoms with Crippen molar-refractivity contribution >= 4 is 5.91 Å². The van der Waals surface area contributed by atoms with E-state index in [1.807, 2.05) is 6.92 Å². The first-order valence-corrected chi connectivity index (χ1v) is 6.34. The van der Waals surface area contributed by atoms with Gasteiger partial charge in [0, 0.05) is 19.6 Å². The van der Waals surface area contributed by atoms with Crippen LogP contribution in [-0.4, -0.2) is 48.2 Å². The number of nitrogens with one attached hydrogen (secondary N) is 1. The number of rotatable bonds is 5. The van der Waals surface area contributed by atoms with E-state index < -0.39 is 0 Å². The Morgan fingerprint density at radius 3 is 2.88 bits per heavy atom. The molecule has 16 heavy (non-hydrogen) atoms. The number of hydrogen-bond donors (Lipinski definition) is 2. The number of carbonyl (C=O) groups excluding carboxylic acids is 1. The fourth-order valence-corrected chi connectivity index (χ4v) is 2.16. The Morgan fingerprint density at radius 1 is 1.50 bits per heavy atom. The first-order valence-electron chi connectivity index (χ1n) is 6.34. The molecule has 1 aliphatic heterocycles. The molecule has 1 amide bonds. The second-order valence-corrected chi connectivity index (χ2v) is 4.61. The van der Waals surface area contributed by atoms with Gasteiger partial charge in [-0.1, -0.05) is 13.8 Å². The van der Waals surface area contributed by atoms with Crippen LogP contribution in [0, 0.1) is 5.92 Å². The molecule has 0 bridgehead atoms. The van der Waals surface area contributed by atoms with Crippen LogP contribution in [0.3, 0.4) is 0 Å². The maximum Gasteiger partial charge on any atom is 0.234 e. The Balaban J connectivity index is 2.30. The Hall–Kier alpha value is -0.610. The lowest BCUT2D eigenvalue weighted by molar-refractivity contribution is -0.123. The molecule has 0 aromatic rings. The summed E-state index contributed by atoms with van der Waals surface area (Å²) in [6.07, 6.45) is 2.57. The zero-order valence-corrected chi connectivity index (χ0v) is 10.4. The van der Waals surface area contributed by atoms with Gasteiger partial charge in [-0.05, 0) is 25.2 Å². The van der Waals surface area contributed by atoms with Crippen molar-refractivity contribution in [2.75, 3.05) is 26.2 Å². The lowest BCUT2D eigenvalue weighted by Crippen LogP contribution is -2.47. The lowest BCUT2D eigenvalue weighted by atomic mass is 9.92. The number of carbonyl (C=O) groups is 1. The van der Waals surface area contributed by atoms with Crippen LogP contribution in [0.5, 0.6) is 0 Å². The number of amides is 1. The molecule has 1 heterocycles. The highest BCUT2D eigenvalue weighted by molar-refractivity contribution is 5.77. The fourth-order valence-electron chi connectivity index (χ4n) is 2.16. The monoisotopic (exact) mass is 228 g/mol. The smallest absolute Gasteiger partial charge is 0.234 e. The number of hydrogen-bond acceptors (Lipinski definition) is 3. The molecule has 1 saturated heterocycles. The number of piperidine rings is 1. The summed E-state index contributed by atoms with van der Waals surface area (Å²) in [5.41, 5.74) is 0. The van der Waals surface area contributed by atoms with Crippen molar-refractivity contribution in [3.05, 3.63) is 0 Å². The third-order valence-electron chi connectivity index (χ3n) is 3.24. The summed E-state index contributed by atoms with van der Waals surface area (Å²) in [6, 6.07) is 0. The van der Waals surface area contributed by atoms with Gasteiger partial charge in [-0.15, -0.1) is 0 Å². The van der Waals surface area contributed by atoms with E-state index in [4.69, 9.17) is 0 Å². The van der Waals surface area contributed by atoms with Gasteiger partial charge in [-0.2, -0.15) is 0 Å². The average Bonchev–Trinajstić information content (AvgIpc) is 2.29.